The van der Waals surface area contributed by atoms with Crippen molar-refractivity contribution >= 4 is 17.7 Å². The van der Waals surface area contributed by atoms with E-state index in [1.807, 2.05) is 50.2 Å². The quantitative estimate of drug-likeness (QED) is 0.841. The molecule has 0 radical (unpaired) electrons. The summed E-state index contributed by atoms with van der Waals surface area (Å²) in [5, 5.41) is 3.07. The van der Waals surface area contributed by atoms with Crippen LogP contribution in [0.1, 0.15) is 52.0 Å². The third-order valence-electron chi connectivity index (χ3n) is 4.42. The molecule has 1 amide bonds. The van der Waals surface area contributed by atoms with Gasteiger partial charge in [0.2, 0.25) is 0 Å². The second-order valence-electron chi connectivity index (χ2n) is 6.17. The van der Waals surface area contributed by atoms with E-state index in [2.05, 4.69) is 17.5 Å². The molecule has 2 aromatic carbocycles. The monoisotopic (exact) mass is 306 g/mol. The Balaban J connectivity index is 1.76. The van der Waals surface area contributed by atoms with Gasteiger partial charge in [-0.1, -0.05) is 30.4 Å². The number of nitrogens with two attached hydrogens (primary N) is 1. The van der Waals surface area contributed by atoms with Gasteiger partial charge < -0.3 is 11.1 Å². The zero-order valence-electron chi connectivity index (χ0n) is 13.6. The van der Waals surface area contributed by atoms with Crippen molar-refractivity contribution in [1.29, 1.82) is 0 Å². The number of allylic oxidation sites excluding steroid dienone is 1. The lowest BCUT2D eigenvalue weighted by Gasteiger charge is -2.17. The van der Waals surface area contributed by atoms with E-state index in [-0.39, 0.29) is 11.9 Å². The Hall–Kier alpha value is -2.55. The first-order valence-electron chi connectivity index (χ1n) is 8.01. The number of carbonyl (C=O) groups is 1. The molecule has 0 saturated heterocycles. The maximum absolute atomic E-state index is 12.5. The van der Waals surface area contributed by atoms with E-state index in [0.29, 0.717) is 0 Å². The summed E-state index contributed by atoms with van der Waals surface area (Å²) in [7, 11) is 0. The van der Waals surface area contributed by atoms with Crippen molar-refractivity contribution < 1.29 is 4.79 Å². The van der Waals surface area contributed by atoms with Crippen molar-refractivity contribution in [3.63, 3.8) is 0 Å². The number of anilines is 1. The van der Waals surface area contributed by atoms with Crippen molar-refractivity contribution in [2.24, 2.45) is 0 Å². The molecule has 3 heteroatoms. The fourth-order valence-electron chi connectivity index (χ4n) is 2.91. The highest BCUT2D eigenvalue weighted by atomic mass is 16.1. The fraction of sp³-hybridized carbons (Fsp3) is 0.250. The molecular formula is C20H22N2O. The number of carbonyl (C=O) groups excluding carboxylic acids is 1. The number of nitrogens with one attached hydrogen (secondary N) is 1. The fourth-order valence-corrected chi connectivity index (χ4v) is 2.91. The Morgan fingerprint density at radius 3 is 2.83 bits per heavy atom. The molecule has 0 aliphatic heterocycles. The predicted molar refractivity (Wildman–Crippen MR) is 95.3 cm³/mol. The lowest BCUT2D eigenvalue weighted by atomic mass is 9.95. The van der Waals surface area contributed by atoms with Crippen molar-refractivity contribution in [2.75, 3.05) is 5.73 Å². The second-order valence-corrected chi connectivity index (χ2v) is 6.17. The van der Waals surface area contributed by atoms with Crippen LogP contribution in [0.15, 0.2) is 42.5 Å². The van der Waals surface area contributed by atoms with E-state index in [1.165, 1.54) is 11.1 Å². The Morgan fingerprint density at radius 2 is 2.04 bits per heavy atom. The number of nitrogen functional groups attached to an aromatic ring is 1. The highest BCUT2D eigenvalue weighted by Gasteiger charge is 2.14. The van der Waals surface area contributed by atoms with Crippen LogP contribution in [0.4, 0.5) is 5.69 Å². The zero-order chi connectivity index (χ0) is 16.4. The van der Waals surface area contributed by atoms with Gasteiger partial charge in [0.15, 0.2) is 0 Å². The summed E-state index contributed by atoms with van der Waals surface area (Å²) in [4.78, 5) is 12.5. The molecule has 0 aromatic heterocycles. The maximum Gasteiger partial charge on any atom is 0.251 e. The first-order valence-corrected chi connectivity index (χ1v) is 8.01. The minimum Gasteiger partial charge on any atom is -0.399 e. The van der Waals surface area contributed by atoms with Gasteiger partial charge >= 0.3 is 0 Å². The molecule has 118 valence electrons. The number of fused-ring (bicyclic) bond motifs is 1. The van der Waals surface area contributed by atoms with Crippen LogP contribution >= 0.6 is 0 Å². The van der Waals surface area contributed by atoms with Crippen LogP contribution in [0.3, 0.4) is 0 Å². The smallest absolute Gasteiger partial charge is 0.251 e. The van der Waals surface area contributed by atoms with E-state index in [4.69, 9.17) is 5.73 Å². The summed E-state index contributed by atoms with van der Waals surface area (Å²) in [5.41, 5.74) is 11.9. The molecule has 0 spiro atoms. The highest BCUT2D eigenvalue weighted by molar-refractivity contribution is 5.95. The van der Waals surface area contributed by atoms with Gasteiger partial charge in [0, 0.05) is 11.3 Å². The summed E-state index contributed by atoms with van der Waals surface area (Å²) in [6.07, 6.45) is 6.34. The second kappa shape index (κ2) is 6.29. The van der Waals surface area contributed by atoms with Crippen molar-refractivity contribution in [3.05, 3.63) is 70.3 Å². The highest BCUT2D eigenvalue weighted by Crippen LogP contribution is 2.22. The Labute approximate surface area is 137 Å². The van der Waals surface area contributed by atoms with Crippen LogP contribution in [0.25, 0.3) is 6.08 Å². The van der Waals surface area contributed by atoms with Crippen LogP contribution in [0, 0.1) is 6.92 Å². The van der Waals surface area contributed by atoms with E-state index in [1.54, 1.807) is 0 Å². The average molecular weight is 306 g/mol. The minimum atomic E-state index is -0.0577. The van der Waals surface area contributed by atoms with Gasteiger partial charge in [0.05, 0.1) is 6.04 Å². The third-order valence-corrected chi connectivity index (χ3v) is 4.42. The van der Waals surface area contributed by atoms with E-state index < -0.39 is 0 Å². The normalized spacial score (nSPS) is 14.2. The summed E-state index contributed by atoms with van der Waals surface area (Å²) in [5.74, 6) is -0.0377. The summed E-state index contributed by atoms with van der Waals surface area (Å²) >= 11 is 0. The molecule has 0 saturated carbocycles. The molecule has 1 atom stereocenters. The van der Waals surface area contributed by atoms with Gasteiger partial charge in [-0.15, -0.1) is 0 Å². The molecule has 1 aliphatic carbocycles. The summed E-state index contributed by atoms with van der Waals surface area (Å²) in [6, 6.07) is 11.7. The molecular weight excluding hydrogens is 284 g/mol. The number of hydrogen-bond acceptors (Lipinski definition) is 2. The maximum atomic E-state index is 12.5. The number of benzene rings is 2. The molecule has 3 rings (SSSR count). The molecule has 0 fully saturated rings. The lowest BCUT2D eigenvalue weighted by molar-refractivity contribution is 0.0940. The van der Waals surface area contributed by atoms with Crippen LogP contribution in [0.5, 0.6) is 0 Å². The van der Waals surface area contributed by atoms with Crippen LogP contribution in [-0.2, 0) is 6.42 Å². The Bertz CT molecular complexity index is 777. The number of hydrogen-bond donors (Lipinski definition) is 2. The van der Waals surface area contributed by atoms with E-state index >= 15 is 0 Å². The van der Waals surface area contributed by atoms with Gasteiger partial charge in [-0.2, -0.15) is 0 Å². The molecule has 2 aromatic rings. The third kappa shape index (κ3) is 3.29. The van der Waals surface area contributed by atoms with Crippen molar-refractivity contribution in [2.45, 2.75) is 32.7 Å². The van der Waals surface area contributed by atoms with Gasteiger partial charge in [0.1, 0.15) is 0 Å². The van der Waals surface area contributed by atoms with Crippen molar-refractivity contribution in [1.82, 2.24) is 5.32 Å². The first-order chi connectivity index (χ1) is 11.0. The Kier molecular flexibility index (Phi) is 4.20. The van der Waals surface area contributed by atoms with Crippen LogP contribution in [-0.4, -0.2) is 5.91 Å². The van der Waals surface area contributed by atoms with E-state index in [0.717, 1.165) is 35.2 Å². The summed E-state index contributed by atoms with van der Waals surface area (Å²) in [6.45, 7) is 3.97. The Morgan fingerprint density at radius 1 is 1.22 bits per heavy atom. The van der Waals surface area contributed by atoms with Gasteiger partial charge in [-0.05, 0) is 67.1 Å². The number of rotatable bonds is 3. The molecule has 3 nitrogen and oxygen atoms in total. The summed E-state index contributed by atoms with van der Waals surface area (Å²) < 4.78 is 0. The molecule has 1 aliphatic rings. The topological polar surface area (TPSA) is 55.1 Å². The molecule has 23 heavy (non-hydrogen) atoms. The number of amides is 1. The molecule has 3 N–H and O–H groups in total. The van der Waals surface area contributed by atoms with Crippen molar-refractivity contribution in [3.8, 4) is 0 Å². The standard InChI is InChI=1S/C20H22N2O/c1-13-11-16(9-10-19(13)21)14(2)22-20(23)18-8-7-15-5-3-4-6-17(15)12-18/h3,5,7-12,14H,4,6,21H2,1-2H3,(H,22,23)/t14-/m1/s1. The minimum absolute atomic E-state index is 0.0377. The lowest BCUT2D eigenvalue weighted by Crippen LogP contribution is -2.26. The van der Waals surface area contributed by atoms with Gasteiger partial charge in [-0.25, -0.2) is 0 Å². The largest absolute Gasteiger partial charge is 0.399 e. The van der Waals surface area contributed by atoms with Crippen LogP contribution < -0.4 is 11.1 Å². The SMILES string of the molecule is Cc1cc([C@@H](C)NC(=O)c2ccc3c(c2)CCC=C3)ccc1N. The number of aryl methyl sites for hydroxylation is 2. The zero-order valence-corrected chi connectivity index (χ0v) is 13.6. The first kappa shape index (κ1) is 15.3. The van der Waals surface area contributed by atoms with E-state index in [9.17, 15) is 4.79 Å². The van der Waals surface area contributed by atoms with Crippen LogP contribution in [0.2, 0.25) is 0 Å². The average Bonchev–Trinajstić information content (AvgIpc) is 2.56. The van der Waals surface area contributed by atoms with Gasteiger partial charge in [-0.3, -0.25) is 4.79 Å². The predicted octanol–water partition coefficient (Wildman–Crippen LogP) is 4.03. The molecule has 0 heterocycles. The molecule has 0 bridgehead atoms. The van der Waals surface area contributed by atoms with Gasteiger partial charge in [0.25, 0.3) is 5.91 Å². The molecule has 0 unspecified atom stereocenters.